The highest BCUT2D eigenvalue weighted by Crippen LogP contribution is 2.51. The summed E-state index contributed by atoms with van der Waals surface area (Å²) in [6.07, 6.45) is 6.83. The zero-order chi connectivity index (χ0) is 19.0. The molecule has 3 unspecified atom stereocenters. The van der Waals surface area contributed by atoms with Gasteiger partial charge in [-0.3, -0.25) is 0 Å². The van der Waals surface area contributed by atoms with Gasteiger partial charge in [0.1, 0.15) is 11.0 Å². The molecule has 2 aromatic carbocycles. The standard InChI is InChI=1S/C23H30N2OS/c1-16-11-17-13-18(12-16)15-23(2,14-17)19-3-7-21(8-4-19)25-27(26)22-9-5-20(24)6-10-22/h3-10,16-18,25H,11-15,24H2,1-2H3. The first kappa shape index (κ1) is 18.5. The Morgan fingerprint density at radius 1 is 0.963 bits per heavy atom. The number of rotatable bonds is 4. The monoisotopic (exact) mass is 382 g/mol. The SMILES string of the molecule is CC1CC2CC(C1)CC(C)(c1ccc(NS(=O)c3ccc(N)cc3)cc1)C2. The molecule has 2 saturated carbocycles. The van der Waals surface area contributed by atoms with Crippen LogP contribution < -0.4 is 10.5 Å². The molecule has 3 N–H and O–H groups in total. The van der Waals surface area contributed by atoms with Crippen molar-refractivity contribution < 1.29 is 4.21 Å². The number of nitrogens with two attached hydrogens (primary N) is 1. The fourth-order valence-corrected chi connectivity index (χ4v) is 6.37. The second-order valence-electron chi connectivity index (χ2n) is 9.03. The largest absolute Gasteiger partial charge is 0.399 e. The van der Waals surface area contributed by atoms with Gasteiger partial charge in [0.05, 0.1) is 4.90 Å². The van der Waals surface area contributed by atoms with Gasteiger partial charge in [-0.15, -0.1) is 0 Å². The minimum Gasteiger partial charge on any atom is -0.399 e. The Morgan fingerprint density at radius 3 is 2.15 bits per heavy atom. The summed E-state index contributed by atoms with van der Waals surface area (Å²) in [7, 11) is -1.28. The topological polar surface area (TPSA) is 55.1 Å². The summed E-state index contributed by atoms with van der Waals surface area (Å²) in [5, 5.41) is 0. The smallest absolute Gasteiger partial charge is 0.150 e. The van der Waals surface area contributed by atoms with Gasteiger partial charge >= 0.3 is 0 Å². The van der Waals surface area contributed by atoms with Crippen molar-refractivity contribution in [2.24, 2.45) is 17.8 Å². The van der Waals surface area contributed by atoms with Gasteiger partial charge in [0.2, 0.25) is 0 Å². The number of hydrogen-bond donors (Lipinski definition) is 2. The van der Waals surface area contributed by atoms with Crippen molar-refractivity contribution in [1.82, 2.24) is 0 Å². The van der Waals surface area contributed by atoms with Crippen LogP contribution in [0.2, 0.25) is 0 Å². The van der Waals surface area contributed by atoms with Gasteiger partial charge in [0.15, 0.2) is 0 Å². The van der Waals surface area contributed by atoms with Crippen molar-refractivity contribution >= 4 is 22.4 Å². The second kappa shape index (κ2) is 7.31. The van der Waals surface area contributed by atoms with Crippen LogP contribution in [-0.4, -0.2) is 4.21 Å². The van der Waals surface area contributed by atoms with Gasteiger partial charge in [0, 0.05) is 11.4 Å². The third-order valence-corrected chi connectivity index (χ3v) is 7.62. The minimum atomic E-state index is -1.28. The van der Waals surface area contributed by atoms with E-state index in [1.165, 1.54) is 37.7 Å². The molecule has 27 heavy (non-hydrogen) atoms. The molecule has 4 heteroatoms. The molecule has 3 nitrogen and oxygen atoms in total. The van der Waals surface area contributed by atoms with Crippen LogP contribution in [0.3, 0.4) is 0 Å². The average molecular weight is 383 g/mol. The first-order valence-electron chi connectivity index (χ1n) is 10.1. The molecule has 0 heterocycles. The van der Waals surface area contributed by atoms with E-state index in [0.29, 0.717) is 5.69 Å². The molecule has 0 amide bonds. The lowest BCUT2D eigenvalue weighted by Gasteiger charge is -2.47. The first-order chi connectivity index (χ1) is 12.9. The van der Waals surface area contributed by atoms with Crippen LogP contribution in [0.1, 0.15) is 51.5 Å². The highest BCUT2D eigenvalue weighted by atomic mass is 32.2. The highest BCUT2D eigenvalue weighted by molar-refractivity contribution is 7.86. The molecule has 2 fully saturated rings. The molecular formula is C23H30N2OS. The Hall–Kier alpha value is -1.81. The van der Waals surface area contributed by atoms with E-state index in [-0.39, 0.29) is 5.41 Å². The van der Waals surface area contributed by atoms with Gasteiger partial charge in [-0.25, -0.2) is 4.21 Å². The van der Waals surface area contributed by atoms with E-state index in [1.807, 2.05) is 0 Å². The van der Waals surface area contributed by atoms with E-state index >= 15 is 0 Å². The average Bonchev–Trinajstić information content (AvgIpc) is 2.61. The molecule has 0 radical (unpaired) electrons. The number of benzene rings is 2. The zero-order valence-electron chi connectivity index (χ0n) is 16.3. The summed E-state index contributed by atoms with van der Waals surface area (Å²) in [6.45, 7) is 4.86. The summed E-state index contributed by atoms with van der Waals surface area (Å²) in [4.78, 5) is 0.731. The van der Waals surface area contributed by atoms with Crippen LogP contribution in [0.25, 0.3) is 0 Å². The van der Waals surface area contributed by atoms with Crippen molar-refractivity contribution in [3.8, 4) is 0 Å². The predicted octanol–water partition coefficient (Wildman–Crippen LogP) is 5.51. The summed E-state index contributed by atoms with van der Waals surface area (Å²) >= 11 is 0. The molecule has 0 aromatic heterocycles. The summed E-state index contributed by atoms with van der Waals surface area (Å²) < 4.78 is 15.6. The maximum absolute atomic E-state index is 12.5. The lowest BCUT2D eigenvalue weighted by Crippen LogP contribution is -2.38. The Morgan fingerprint density at radius 2 is 1.56 bits per heavy atom. The molecule has 144 valence electrons. The van der Waals surface area contributed by atoms with E-state index in [1.54, 1.807) is 24.3 Å². The molecule has 0 aliphatic heterocycles. The van der Waals surface area contributed by atoms with Gasteiger partial charge in [-0.05, 0) is 97.2 Å². The Labute approximate surface area is 165 Å². The Balaban J connectivity index is 1.46. The Kier molecular flexibility index (Phi) is 5.02. The van der Waals surface area contributed by atoms with Gasteiger partial charge in [-0.1, -0.05) is 26.0 Å². The fourth-order valence-electron chi connectivity index (χ4n) is 5.52. The third kappa shape index (κ3) is 4.06. The van der Waals surface area contributed by atoms with Gasteiger partial charge < -0.3 is 10.5 Å². The predicted molar refractivity (Wildman–Crippen MR) is 114 cm³/mol. The molecule has 0 saturated heterocycles. The van der Waals surface area contributed by atoms with Crippen LogP contribution in [0, 0.1) is 17.8 Å². The van der Waals surface area contributed by atoms with E-state index in [9.17, 15) is 4.21 Å². The van der Waals surface area contributed by atoms with Crippen molar-refractivity contribution in [3.63, 3.8) is 0 Å². The number of anilines is 2. The lowest BCUT2D eigenvalue weighted by atomic mass is 9.57. The quantitative estimate of drug-likeness (QED) is 0.685. The van der Waals surface area contributed by atoms with Crippen molar-refractivity contribution in [2.45, 2.75) is 56.3 Å². The number of nitrogens with one attached hydrogen (secondary N) is 1. The molecule has 2 aromatic rings. The summed E-state index contributed by atoms with van der Waals surface area (Å²) in [5.41, 5.74) is 8.98. The molecule has 2 aliphatic rings. The van der Waals surface area contributed by atoms with Crippen LogP contribution >= 0.6 is 0 Å². The van der Waals surface area contributed by atoms with Gasteiger partial charge in [-0.2, -0.15) is 0 Å². The van der Waals surface area contributed by atoms with Crippen molar-refractivity contribution in [2.75, 3.05) is 10.5 Å². The van der Waals surface area contributed by atoms with Crippen LogP contribution in [-0.2, 0) is 16.4 Å². The maximum atomic E-state index is 12.5. The summed E-state index contributed by atoms with van der Waals surface area (Å²) in [5.74, 6) is 2.66. The molecular weight excluding hydrogens is 352 g/mol. The molecule has 3 atom stereocenters. The van der Waals surface area contributed by atoms with Crippen molar-refractivity contribution in [3.05, 3.63) is 54.1 Å². The van der Waals surface area contributed by atoms with E-state index in [0.717, 1.165) is 28.3 Å². The third-order valence-electron chi connectivity index (χ3n) is 6.50. The lowest BCUT2D eigenvalue weighted by molar-refractivity contribution is 0.0899. The van der Waals surface area contributed by atoms with Crippen LogP contribution in [0.5, 0.6) is 0 Å². The van der Waals surface area contributed by atoms with Crippen LogP contribution in [0.15, 0.2) is 53.4 Å². The Bertz CT molecular complexity index is 797. The fraction of sp³-hybridized carbons (Fsp3) is 0.478. The number of nitrogen functional groups attached to an aromatic ring is 1. The summed E-state index contributed by atoms with van der Waals surface area (Å²) in [6, 6.07) is 15.8. The molecule has 2 aliphatic carbocycles. The molecule has 4 rings (SSSR count). The highest BCUT2D eigenvalue weighted by Gasteiger charge is 2.41. The number of fused-ring (bicyclic) bond motifs is 2. The van der Waals surface area contributed by atoms with E-state index < -0.39 is 11.0 Å². The minimum absolute atomic E-state index is 0.280. The first-order valence-corrected chi connectivity index (χ1v) is 11.2. The van der Waals surface area contributed by atoms with Crippen molar-refractivity contribution in [1.29, 1.82) is 0 Å². The number of hydrogen-bond acceptors (Lipinski definition) is 2. The van der Waals surface area contributed by atoms with Crippen LogP contribution in [0.4, 0.5) is 11.4 Å². The maximum Gasteiger partial charge on any atom is 0.150 e. The molecule has 2 bridgehead atoms. The van der Waals surface area contributed by atoms with Gasteiger partial charge in [0.25, 0.3) is 0 Å². The zero-order valence-corrected chi connectivity index (χ0v) is 17.1. The van der Waals surface area contributed by atoms with E-state index in [2.05, 4.69) is 42.8 Å². The normalized spacial score (nSPS) is 31.3. The molecule has 0 spiro atoms. The van der Waals surface area contributed by atoms with E-state index in [4.69, 9.17) is 5.73 Å². The second-order valence-corrected chi connectivity index (χ2v) is 10.2.